The molecule has 2 amide bonds. The molecule has 23 heavy (non-hydrogen) atoms. The summed E-state index contributed by atoms with van der Waals surface area (Å²) in [6, 6.07) is 13.1. The average molecular weight is 389 g/mol. The molecule has 2 heterocycles. The quantitative estimate of drug-likeness (QED) is 0.731. The Kier molecular flexibility index (Phi) is 4.63. The summed E-state index contributed by atoms with van der Waals surface area (Å²) in [4.78, 5) is 30.6. The molecule has 1 aliphatic rings. The first-order valence-electron chi connectivity index (χ1n) is 6.96. The lowest BCUT2D eigenvalue weighted by molar-refractivity contribution is -0.123. The molecule has 2 aromatic rings. The molecule has 0 aliphatic carbocycles. The van der Waals surface area contributed by atoms with Gasteiger partial charge in [0.2, 0.25) is 0 Å². The van der Waals surface area contributed by atoms with Crippen molar-refractivity contribution in [3.05, 3.63) is 68.8 Å². The molecule has 6 heteroatoms. The number of amides is 2. The Labute approximate surface area is 146 Å². The molecule has 1 aliphatic heterocycles. The van der Waals surface area contributed by atoms with Gasteiger partial charge in [-0.15, -0.1) is 0 Å². The topological polar surface area (TPSA) is 50.3 Å². The third-order valence-corrected chi connectivity index (χ3v) is 4.69. The van der Waals surface area contributed by atoms with Gasteiger partial charge in [0.25, 0.3) is 11.1 Å². The first kappa shape index (κ1) is 16.0. The number of hydrogen-bond acceptors (Lipinski definition) is 4. The zero-order valence-corrected chi connectivity index (χ0v) is 14.7. The summed E-state index contributed by atoms with van der Waals surface area (Å²) in [7, 11) is 0. The van der Waals surface area contributed by atoms with Gasteiger partial charge in [0.05, 0.1) is 17.1 Å². The number of hydrogen-bond donors (Lipinski definition) is 0. The number of aromatic nitrogens is 1. The molecule has 0 bridgehead atoms. The maximum absolute atomic E-state index is 12.5. The Balaban J connectivity index is 1.82. The predicted octanol–water partition coefficient (Wildman–Crippen LogP) is 4.39. The van der Waals surface area contributed by atoms with Crippen LogP contribution in [0, 0.1) is 6.92 Å². The summed E-state index contributed by atoms with van der Waals surface area (Å²) in [6.45, 7) is 2.15. The van der Waals surface area contributed by atoms with E-state index in [0.717, 1.165) is 27.5 Å². The van der Waals surface area contributed by atoms with Crippen LogP contribution in [0.15, 0.2) is 51.8 Å². The van der Waals surface area contributed by atoms with Crippen LogP contribution < -0.4 is 0 Å². The van der Waals surface area contributed by atoms with Gasteiger partial charge in [-0.25, -0.2) is 0 Å². The Morgan fingerprint density at radius 1 is 1.22 bits per heavy atom. The molecule has 0 N–H and O–H groups in total. The minimum absolute atomic E-state index is 0.256. The molecular formula is C17H13BrN2O2S. The molecule has 3 rings (SSSR count). The maximum Gasteiger partial charge on any atom is 0.293 e. The Morgan fingerprint density at radius 2 is 2.00 bits per heavy atom. The van der Waals surface area contributed by atoms with E-state index in [1.807, 2.05) is 49.4 Å². The van der Waals surface area contributed by atoms with Gasteiger partial charge in [-0.05, 0) is 54.6 Å². The van der Waals surface area contributed by atoms with Crippen molar-refractivity contribution in [3.8, 4) is 0 Å². The summed E-state index contributed by atoms with van der Waals surface area (Å²) in [5, 5.41) is -0.256. The van der Waals surface area contributed by atoms with E-state index in [0.29, 0.717) is 10.6 Å². The minimum atomic E-state index is -0.275. The fraction of sp³-hybridized carbons (Fsp3) is 0.118. The number of imide groups is 1. The lowest BCUT2D eigenvalue weighted by atomic mass is 10.2. The molecule has 1 saturated heterocycles. The van der Waals surface area contributed by atoms with Crippen molar-refractivity contribution in [3.63, 3.8) is 0 Å². The standard InChI is InChI=1S/C17H13BrN2O2S/c1-11-4-2-7-14(19-11)9-15-16(21)20(17(22)23-15)10-12-5-3-6-13(18)8-12/h2-9H,10H2,1H3/b15-9+. The molecular weight excluding hydrogens is 376 g/mol. The van der Waals surface area contributed by atoms with Gasteiger partial charge in [0.15, 0.2) is 0 Å². The summed E-state index contributed by atoms with van der Waals surface area (Å²) < 4.78 is 0.918. The highest BCUT2D eigenvalue weighted by atomic mass is 79.9. The number of rotatable bonds is 3. The second-order valence-corrected chi connectivity index (χ2v) is 7.01. The van der Waals surface area contributed by atoms with E-state index in [1.165, 1.54) is 4.90 Å². The highest BCUT2D eigenvalue weighted by Gasteiger charge is 2.35. The lowest BCUT2D eigenvalue weighted by Crippen LogP contribution is -2.27. The van der Waals surface area contributed by atoms with Crippen LogP contribution in [0.25, 0.3) is 6.08 Å². The van der Waals surface area contributed by atoms with Crippen LogP contribution >= 0.6 is 27.7 Å². The highest BCUT2D eigenvalue weighted by molar-refractivity contribution is 9.10. The summed E-state index contributed by atoms with van der Waals surface area (Å²) in [5.74, 6) is -0.275. The van der Waals surface area contributed by atoms with Gasteiger partial charge in [0, 0.05) is 10.2 Å². The molecule has 0 atom stereocenters. The molecule has 0 radical (unpaired) electrons. The third kappa shape index (κ3) is 3.71. The van der Waals surface area contributed by atoms with Crippen molar-refractivity contribution in [2.24, 2.45) is 0 Å². The van der Waals surface area contributed by atoms with Crippen molar-refractivity contribution in [2.75, 3.05) is 0 Å². The number of nitrogens with zero attached hydrogens (tertiary/aromatic N) is 2. The van der Waals surface area contributed by atoms with Gasteiger partial charge in [-0.1, -0.05) is 34.1 Å². The van der Waals surface area contributed by atoms with E-state index in [-0.39, 0.29) is 17.7 Å². The first-order chi connectivity index (χ1) is 11.0. The van der Waals surface area contributed by atoms with Crippen molar-refractivity contribution in [2.45, 2.75) is 13.5 Å². The average Bonchev–Trinajstić information content (AvgIpc) is 2.75. The van der Waals surface area contributed by atoms with Crippen LogP contribution in [0.5, 0.6) is 0 Å². The predicted molar refractivity (Wildman–Crippen MR) is 94.6 cm³/mol. The molecule has 4 nitrogen and oxygen atoms in total. The number of aryl methyl sites for hydroxylation is 1. The number of carbonyl (C=O) groups is 2. The number of pyridine rings is 1. The molecule has 116 valence electrons. The molecule has 0 saturated carbocycles. The maximum atomic E-state index is 12.5. The minimum Gasteiger partial charge on any atom is -0.268 e. The van der Waals surface area contributed by atoms with E-state index < -0.39 is 0 Å². The lowest BCUT2D eigenvalue weighted by Gasteiger charge is -2.12. The first-order valence-corrected chi connectivity index (χ1v) is 8.57. The summed E-state index contributed by atoms with van der Waals surface area (Å²) in [6.07, 6.45) is 1.67. The third-order valence-electron chi connectivity index (χ3n) is 3.29. The second kappa shape index (κ2) is 6.68. The van der Waals surface area contributed by atoms with E-state index in [9.17, 15) is 9.59 Å². The van der Waals surface area contributed by atoms with Crippen molar-refractivity contribution < 1.29 is 9.59 Å². The highest BCUT2D eigenvalue weighted by Crippen LogP contribution is 2.33. The van der Waals surface area contributed by atoms with Gasteiger partial charge in [-0.3, -0.25) is 19.5 Å². The van der Waals surface area contributed by atoms with Crippen LogP contribution in [0.1, 0.15) is 17.0 Å². The summed E-state index contributed by atoms with van der Waals surface area (Å²) in [5.41, 5.74) is 2.45. The fourth-order valence-corrected chi connectivity index (χ4v) is 3.50. The second-order valence-electron chi connectivity index (χ2n) is 5.10. The van der Waals surface area contributed by atoms with Crippen LogP contribution in [-0.4, -0.2) is 21.0 Å². The smallest absolute Gasteiger partial charge is 0.268 e. The monoisotopic (exact) mass is 388 g/mol. The molecule has 1 fully saturated rings. The van der Waals surface area contributed by atoms with Gasteiger partial charge >= 0.3 is 0 Å². The zero-order chi connectivity index (χ0) is 16.4. The zero-order valence-electron chi connectivity index (χ0n) is 12.3. The normalized spacial score (nSPS) is 16.4. The molecule has 0 unspecified atom stereocenters. The Morgan fingerprint density at radius 3 is 2.74 bits per heavy atom. The van der Waals surface area contributed by atoms with Crippen molar-refractivity contribution in [1.82, 2.24) is 9.88 Å². The molecule has 1 aromatic carbocycles. The number of carbonyl (C=O) groups excluding carboxylic acids is 2. The number of halogens is 1. The van der Waals surface area contributed by atoms with E-state index >= 15 is 0 Å². The Hall–Kier alpha value is -1.92. The van der Waals surface area contributed by atoms with Gasteiger partial charge in [-0.2, -0.15) is 0 Å². The number of thioether (sulfide) groups is 1. The summed E-state index contributed by atoms with van der Waals surface area (Å²) >= 11 is 4.34. The SMILES string of the molecule is Cc1cccc(/C=C2/SC(=O)N(Cc3cccc(Br)c3)C2=O)n1. The Bertz CT molecular complexity index is 820. The molecule has 1 aromatic heterocycles. The van der Waals surface area contributed by atoms with Crippen LogP contribution in [0.4, 0.5) is 4.79 Å². The fourth-order valence-electron chi connectivity index (χ4n) is 2.23. The molecule has 0 spiro atoms. The van der Waals surface area contributed by atoms with Gasteiger partial charge < -0.3 is 0 Å². The van der Waals surface area contributed by atoms with Crippen molar-refractivity contribution in [1.29, 1.82) is 0 Å². The van der Waals surface area contributed by atoms with E-state index in [1.54, 1.807) is 6.08 Å². The van der Waals surface area contributed by atoms with Crippen molar-refractivity contribution >= 4 is 44.9 Å². The number of benzene rings is 1. The van der Waals surface area contributed by atoms with E-state index in [4.69, 9.17) is 0 Å². The van der Waals surface area contributed by atoms with Crippen LogP contribution in [0.2, 0.25) is 0 Å². The van der Waals surface area contributed by atoms with E-state index in [2.05, 4.69) is 20.9 Å². The largest absolute Gasteiger partial charge is 0.293 e. The van der Waals surface area contributed by atoms with Crippen LogP contribution in [-0.2, 0) is 11.3 Å². The van der Waals surface area contributed by atoms with Gasteiger partial charge in [0.1, 0.15) is 0 Å². The van der Waals surface area contributed by atoms with Crippen LogP contribution in [0.3, 0.4) is 0 Å².